The number of alkyl halides is 2. The molecule has 0 unspecified atom stereocenters. The lowest BCUT2D eigenvalue weighted by Gasteiger charge is -2.35. The molecular formula is C31H36F2N8O2. The zero-order valence-corrected chi connectivity index (χ0v) is 24.1. The smallest absolute Gasteiger partial charge is 0.296 e. The van der Waals surface area contributed by atoms with Crippen molar-refractivity contribution in [2.24, 2.45) is 0 Å². The number of morpholine rings is 1. The topological polar surface area (TPSA) is 100 Å². The predicted octanol–water partition coefficient (Wildman–Crippen LogP) is 3.51. The van der Waals surface area contributed by atoms with E-state index in [4.69, 9.17) is 14.7 Å². The van der Waals surface area contributed by atoms with Gasteiger partial charge < -0.3 is 25.2 Å². The van der Waals surface area contributed by atoms with Crippen LogP contribution in [0.3, 0.4) is 0 Å². The Labute approximate surface area is 249 Å². The number of anilines is 2. The summed E-state index contributed by atoms with van der Waals surface area (Å²) in [6.45, 7) is 3.72. The third-order valence-electron chi connectivity index (χ3n) is 8.12. The number of carbonyl (C=O) groups excluding carboxylic acids is 1. The first-order valence-corrected chi connectivity index (χ1v) is 14.7. The molecule has 0 spiro atoms. The number of imidazole rings is 1. The minimum atomic E-state index is -2.80. The molecule has 4 aromatic rings. The Morgan fingerprint density at radius 2 is 1.58 bits per heavy atom. The molecule has 2 aliphatic rings. The van der Waals surface area contributed by atoms with Crippen LogP contribution in [0.2, 0.25) is 0 Å². The maximum absolute atomic E-state index is 14.2. The van der Waals surface area contributed by atoms with E-state index < -0.39 is 6.43 Å². The van der Waals surface area contributed by atoms with Crippen molar-refractivity contribution in [3.05, 3.63) is 72.1 Å². The third kappa shape index (κ3) is 6.45. The molecule has 1 amide bonds. The van der Waals surface area contributed by atoms with Gasteiger partial charge in [0, 0.05) is 38.3 Å². The van der Waals surface area contributed by atoms with Gasteiger partial charge in [-0.05, 0) is 44.0 Å². The Balaban J connectivity index is 1.22. The number of fused-ring (bicyclic) bond motifs is 1. The first-order chi connectivity index (χ1) is 21.0. The summed E-state index contributed by atoms with van der Waals surface area (Å²) in [5.74, 6) is 1.08. The van der Waals surface area contributed by atoms with E-state index in [-0.39, 0.29) is 29.8 Å². The first kappa shape index (κ1) is 28.9. The number of rotatable bonds is 9. The molecule has 1 atom stereocenters. The number of para-hydroxylation sites is 2. The van der Waals surface area contributed by atoms with Gasteiger partial charge in [-0.2, -0.15) is 9.97 Å². The van der Waals surface area contributed by atoms with Crippen LogP contribution < -0.4 is 20.4 Å². The lowest BCUT2D eigenvalue weighted by atomic mass is 10.0. The maximum atomic E-state index is 14.2. The van der Waals surface area contributed by atoms with E-state index >= 15 is 0 Å². The lowest BCUT2D eigenvalue weighted by Crippen LogP contribution is -2.51. The van der Waals surface area contributed by atoms with Gasteiger partial charge in [0.05, 0.1) is 30.3 Å². The summed E-state index contributed by atoms with van der Waals surface area (Å²) in [7, 11) is 1.80. The summed E-state index contributed by atoms with van der Waals surface area (Å²) >= 11 is 0. The molecule has 0 aliphatic carbocycles. The van der Waals surface area contributed by atoms with Gasteiger partial charge >= 0.3 is 0 Å². The number of hydrogen-bond acceptors (Lipinski definition) is 8. The molecular weight excluding hydrogens is 554 g/mol. The second-order valence-corrected chi connectivity index (χ2v) is 10.9. The SMILES string of the molecule is CN[C@H](Cc1ccccc1)C(=O)NC1CCN(c2cc(N3CCOCC3)nc(-n3c(C(F)F)nc4ccccc43)n2)CC1. The Morgan fingerprint density at radius 3 is 2.26 bits per heavy atom. The summed E-state index contributed by atoms with van der Waals surface area (Å²) in [5, 5.41) is 6.36. The fraction of sp³-hybridized carbons (Fsp3) is 0.419. The van der Waals surface area contributed by atoms with Gasteiger partial charge in [-0.15, -0.1) is 0 Å². The summed E-state index contributed by atoms with van der Waals surface area (Å²) in [6, 6.07) is 18.6. The first-order valence-electron chi connectivity index (χ1n) is 14.7. The highest BCUT2D eigenvalue weighted by molar-refractivity contribution is 5.82. The molecule has 10 nitrogen and oxygen atoms in total. The van der Waals surface area contributed by atoms with Crippen LogP contribution >= 0.6 is 0 Å². The Morgan fingerprint density at radius 1 is 0.930 bits per heavy atom. The van der Waals surface area contributed by atoms with E-state index in [1.165, 1.54) is 4.57 Å². The molecule has 0 bridgehead atoms. The van der Waals surface area contributed by atoms with E-state index in [2.05, 4.69) is 25.4 Å². The highest BCUT2D eigenvalue weighted by Gasteiger charge is 2.28. The number of nitrogens with zero attached hydrogens (tertiary/aromatic N) is 6. The van der Waals surface area contributed by atoms with Crippen molar-refractivity contribution in [2.75, 3.05) is 56.2 Å². The number of halogens is 2. The average Bonchev–Trinajstić information content (AvgIpc) is 3.45. The number of amides is 1. The van der Waals surface area contributed by atoms with Gasteiger partial charge in [-0.3, -0.25) is 9.36 Å². The second-order valence-electron chi connectivity index (χ2n) is 10.9. The minimum absolute atomic E-state index is 0.0183. The number of carbonyl (C=O) groups is 1. The van der Waals surface area contributed by atoms with Gasteiger partial charge in [0.2, 0.25) is 11.9 Å². The van der Waals surface area contributed by atoms with E-state index in [1.807, 2.05) is 36.4 Å². The van der Waals surface area contributed by atoms with Crippen LogP contribution in [0, 0.1) is 0 Å². The van der Waals surface area contributed by atoms with Crippen molar-refractivity contribution in [1.29, 1.82) is 0 Å². The highest BCUT2D eigenvalue weighted by atomic mass is 19.3. The summed E-state index contributed by atoms with van der Waals surface area (Å²) < 4.78 is 35.3. The van der Waals surface area contributed by atoms with Crippen LogP contribution in [0.15, 0.2) is 60.7 Å². The van der Waals surface area contributed by atoms with Crippen LogP contribution in [-0.2, 0) is 16.0 Å². The summed E-state index contributed by atoms with van der Waals surface area (Å²) in [5.41, 5.74) is 2.09. The zero-order valence-electron chi connectivity index (χ0n) is 24.1. The van der Waals surface area contributed by atoms with Crippen molar-refractivity contribution in [2.45, 2.75) is 37.8 Å². The summed E-state index contributed by atoms with van der Waals surface area (Å²) in [6.07, 6.45) is -0.722. The minimum Gasteiger partial charge on any atom is -0.378 e. The van der Waals surface area contributed by atoms with Crippen LogP contribution in [0.1, 0.15) is 30.7 Å². The standard InChI is InChI=1S/C31H36F2N8O2/c1-34-24(19-21-7-3-2-4-8-21)30(42)35-22-11-13-39(14-12-22)26-20-27(40-15-17-43-18-16-40)38-31(37-26)41-25-10-6-5-9-23(25)36-29(41)28(32)33/h2-10,20,22,24,28,34H,11-19H2,1H3,(H,35,42)/t24-/m1/s1. The molecule has 2 aromatic heterocycles. The molecule has 0 radical (unpaired) electrons. The largest absolute Gasteiger partial charge is 0.378 e. The molecule has 6 rings (SSSR count). The number of ether oxygens (including phenoxy) is 1. The monoisotopic (exact) mass is 590 g/mol. The van der Waals surface area contributed by atoms with Gasteiger partial charge in [0.1, 0.15) is 11.6 Å². The molecule has 43 heavy (non-hydrogen) atoms. The van der Waals surface area contributed by atoms with Gasteiger partial charge in [0.15, 0.2) is 5.82 Å². The molecule has 2 fully saturated rings. The molecule has 0 saturated carbocycles. The quantitative estimate of drug-likeness (QED) is 0.306. The fourth-order valence-electron chi connectivity index (χ4n) is 5.76. The van der Waals surface area contributed by atoms with Crippen molar-refractivity contribution in [3.63, 3.8) is 0 Å². The van der Waals surface area contributed by atoms with E-state index in [9.17, 15) is 13.6 Å². The molecule has 2 saturated heterocycles. The number of aromatic nitrogens is 4. The molecule has 2 N–H and O–H groups in total. The van der Waals surface area contributed by atoms with Crippen LogP contribution in [-0.4, -0.2) is 84.0 Å². The van der Waals surface area contributed by atoms with Gasteiger partial charge in [-0.1, -0.05) is 42.5 Å². The predicted molar refractivity (Wildman–Crippen MR) is 161 cm³/mol. The zero-order chi connectivity index (χ0) is 29.8. The molecule has 2 aromatic carbocycles. The van der Waals surface area contributed by atoms with Gasteiger partial charge in [-0.25, -0.2) is 13.8 Å². The van der Waals surface area contributed by atoms with E-state index in [0.717, 1.165) is 18.4 Å². The molecule has 4 heterocycles. The van der Waals surface area contributed by atoms with Crippen molar-refractivity contribution < 1.29 is 18.3 Å². The van der Waals surface area contributed by atoms with Crippen LogP contribution in [0.5, 0.6) is 0 Å². The maximum Gasteiger partial charge on any atom is 0.296 e. The van der Waals surface area contributed by atoms with Crippen molar-refractivity contribution in [3.8, 4) is 5.95 Å². The van der Waals surface area contributed by atoms with E-state index in [1.54, 1.807) is 31.3 Å². The fourth-order valence-corrected chi connectivity index (χ4v) is 5.76. The van der Waals surface area contributed by atoms with Crippen LogP contribution in [0.4, 0.5) is 20.4 Å². The van der Waals surface area contributed by atoms with E-state index in [0.29, 0.717) is 68.5 Å². The molecule has 2 aliphatic heterocycles. The highest BCUT2D eigenvalue weighted by Crippen LogP contribution is 2.30. The number of nitrogens with one attached hydrogen (secondary N) is 2. The number of likely N-dealkylation sites (N-methyl/N-ethyl adjacent to an activating group) is 1. The lowest BCUT2D eigenvalue weighted by molar-refractivity contribution is -0.123. The number of hydrogen-bond donors (Lipinski definition) is 2. The average molecular weight is 591 g/mol. The Hall–Kier alpha value is -4.16. The van der Waals surface area contributed by atoms with Gasteiger partial charge in [0.25, 0.3) is 6.43 Å². The normalized spacial score (nSPS) is 17.0. The third-order valence-corrected chi connectivity index (χ3v) is 8.12. The number of benzene rings is 2. The second kappa shape index (κ2) is 13.0. The number of piperidine rings is 1. The van der Waals surface area contributed by atoms with Crippen LogP contribution in [0.25, 0.3) is 17.0 Å². The molecule has 226 valence electrons. The van der Waals surface area contributed by atoms with Crippen molar-refractivity contribution in [1.82, 2.24) is 30.2 Å². The molecule has 12 heteroatoms. The Kier molecular flexibility index (Phi) is 8.75. The van der Waals surface area contributed by atoms with Crippen molar-refractivity contribution >= 4 is 28.6 Å². The summed E-state index contributed by atoms with van der Waals surface area (Å²) in [4.78, 5) is 31.1. The Bertz CT molecular complexity index is 1540.